The molecule has 4 aromatic rings. The largest absolute Gasteiger partial charge is 0.382 e. The lowest BCUT2D eigenvalue weighted by atomic mass is 10.2. The van der Waals surface area contributed by atoms with E-state index in [4.69, 9.17) is 11.6 Å². The third-order valence-corrected chi connectivity index (χ3v) is 6.34. The van der Waals surface area contributed by atoms with E-state index in [9.17, 15) is 8.42 Å². The lowest BCUT2D eigenvalue weighted by molar-refractivity contribution is 0.602. The van der Waals surface area contributed by atoms with Crippen LogP contribution in [0.4, 0.5) is 11.4 Å². The summed E-state index contributed by atoms with van der Waals surface area (Å²) in [5.41, 5.74) is 2.35. The highest BCUT2D eigenvalue weighted by Crippen LogP contribution is 2.25. The Kier molecular flexibility index (Phi) is 6.21. The van der Waals surface area contributed by atoms with Gasteiger partial charge in [-0.1, -0.05) is 54.1 Å². The lowest BCUT2D eigenvalue weighted by Gasteiger charge is -2.12. The van der Waals surface area contributed by atoms with Crippen LogP contribution in [0.5, 0.6) is 0 Å². The number of nitrogens with one attached hydrogen (secondary N) is 2. The third kappa shape index (κ3) is 5.23. The van der Waals surface area contributed by atoms with E-state index in [1.165, 1.54) is 0 Å². The van der Waals surface area contributed by atoms with Crippen molar-refractivity contribution in [2.24, 2.45) is 0 Å². The van der Waals surface area contributed by atoms with Gasteiger partial charge < -0.3 is 5.32 Å². The van der Waals surface area contributed by atoms with Gasteiger partial charge in [0.05, 0.1) is 10.6 Å². The summed E-state index contributed by atoms with van der Waals surface area (Å²) in [5, 5.41) is 5.37. The Labute approximate surface area is 186 Å². The summed E-state index contributed by atoms with van der Waals surface area (Å²) < 4.78 is 28.7. The van der Waals surface area contributed by atoms with Crippen molar-refractivity contribution in [1.82, 2.24) is 4.98 Å². The van der Waals surface area contributed by atoms with E-state index in [2.05, 4.69) is 15.0 Å². The van der Waals surface area contributed by atoms with Crippen LogP contribution in [-0.2, 0) is 10.0 Å². The molecule has 0 aliphatic carbocycles. The number of hydrogen-bond donors (Lipinski definition) is 2. The van der Waals surface area contributed by atoms with Gasteiger partial charge in [-0.05, 0) is 48.0 Å². The van der Waals surface area contributed by atoms with E-state index in [0.717, 1.165) is 16.6 Å². The number of rotatable bonds is 7. The number of nitrogens with zero attached hydrogens (tertiary/aromatic N) is 1. The first-order chi connectivity index (χ1) is 15.0. The summed E-state index contributed by atoms with van der Waals surface area (Å²) in [6, 6.07) is 21.6. The van der Waals surface area contributed by atoms with Gasteiger partial charge in [0.15, 0.2) is 0 Å². The van der Waals surface area contributed by atoms with Crippen molar-refractivity contribution in [1.29, 1.82) is 0 Å². The highest BCUT2D eigenvalue weighted by atomic mass is 35.5. The standard InChI is InChI=1S/C24H20ClN3O2S/c25-20-11-9-18(10-12-20)4-3-14-27-21-6-2-7-22(16-21)28-31(29,30)24-8-1-5-19-17-26-15-13-23(19)24/h1-13,15-17,27-28H,14H2. The first-order valence-electron chi connectivity index (χ1n) is 9.63. The second-order valence-electron chi connectivity index (χ2n) is 6.87. The Balaban J connectivity index is 1.46. The number of anilines is 2. The van der Waals surface area contributed by atoms with E-state index in [-0.39, 0.29) is 4.90 Å². The predicted molar refractivity (Wildman–Crippen MR) is 128 cm³/mol. The zero-order chi connectivity index (χ0) is 21.7. The number of aromatic nitrogens is 1. The van der Waals surface area contributed by atoms with Crippen LogP contribution in [0.3, 0.4) is 0 Å². The smallest absolute Gasteiger partial charge is 0.262 e. The normalized spacial score (nSPS) is 11.6. The molecule has 0 radical (unpaired) electrons. The predicted octanol–water partition coefficient (Wildman–Crippen LogP) is 5.81. The minimum Gasteiger partial charge on any atom is -0.382 e. The van der Waals surface area contributed by atoms with Crippen molar-refractivity contribution in [3.05, 3.63) is 102 Å². The summed E-state index contributed by atoms with van der Waals surface area (Å²) in [4.78, 5) is 4.27. The molecule has 0 spiro atoms. The number of fused-ring (bicyclic) bond motifs is 1. The Morgan fingerprint density at radius 1 is 0.935 bits per heavy atom. The molecule has 156 valence electrons. The second kappa shape index (κ2) is 9.20. The van der Waals surface area contributed by atoms with Gasteiger partial charge in [0.25, 0.3) is 10.0 Å². The van der Waals surface area contributed by atoms with Crippen LogP contribution in [0.15, 0.2) is 96.2 Å². The number of halogens is 1. The third-order valence-electron chi connectivity index (χ3n) is 4.65. The molecule has 1 aromatic heterocycles. The molecule has 3 aromatic carbocycles. The van der Waals surface area contributed by atoms with E-state index < -0.39 is 10.0 Å². The van der Waals surface area contributed by atoms with Gasteiger partial charge in [0.2, 0.25) is 0 Å². The van der Waals surface area contributed by atoms with Crippen LogP contribution in [0, 0.1) is 0 Å². The Hall–Kier alpha value is -3.35. The summed E-state index contributed by atoms with van der Waals surface area (Å²) in [5.74, 6) is 0. The van der Waals surface area contributed by atoms with Crippen LogP contribution in [-0.4, -0.2) is 19.9 Å². The van der Waals surface area contributed by atoms with Crippen molar-refractivity contribution in [3.8, 4) is 0 Å². The molecule has 31 heavy (non-hydrogen) atoms. The van der Waals surface area contributed by atoms with Crippen molar-refractivity contribution < 1.29 is 8.42 Å². The summed E-state index contributed by atoms with van der Waals surface area (Å²) in [6.07, 6.45) is 7.22. The van der Waals surface area contributed by atoms with Gasteiger partial charge in [-0.3, -0.25) is 9.71 Å². The fourth-order valence-corrected chi connectivity index (χ4v) is 4.58. The van der Waals surface area contributed by atoms with Crippen LogP contribution >= 0.6 is 11.6 Å². The van der Waals surface area contributed by atoms with Gasteiger partial charge in [0, 0.05) is 40.4 Å². The van der Waals surface area contributed by atoms with Crippen LogP contribution in [0.25, 0.3) is 16.8 Å². The maximum Gasteiger partial charge on any atom is 0.262 e. The van der Waals surface area contributed by atoms with E-state index in [1.807, 2.05) is 48.6 Å². The van der Waals surface area contributed by atoms with Crippen LogP contribution in [0.2, 0.25) is 5.02 Å². The highest BCUT2D eigenvalue weighted by molar-refractivity contribution is 7.93. The molecule has 0 aliphatic rings. The number of sulfonamides is 1. The molecule has 0 unspecified atom stereocenters. The molecule has 0 atom stereocenters. The fourth-order valence-electron chi connectivity index (χ4n) is 3.18. The highest BCUT2D eigenvalue weighted by Gasteiger charge is 2.17. The average Bonchev–Trinajstić information content (AvgIpc) is 2.77. The number of pyridine rings is 1. The molecule has 7 heteroatoms. The lowest BCUT2D eigenvalue weighted by Crippen LogP contribution is -2.13. The minimum atomic E-state index is -3.75. The van der Waals surface area contributed by atoms with Crippen molar-refractivity contribution in [2.45, 2.75) is 4.90 Å². The van der Waals surface area contributed by atoms with Gasteiger partial charge in [-0.15, -0.1) is 0 Å². The monoisotopic (exact) mass is 449 g/mol. The molecule has 0 amide bonds. The van der Waals surface area contributed by atoms with Crippen molar-refractivity contribution >= 4 is 49.8 Å². The molecule has 5 nitrogen and oxygen atoms in total. The molecule has 0 aliphatic heterocycles. The first-order valence-corrected chi connectivity index (χ1v) is 11.5. The van der Waals surface area contributed by atoms with Crippen LogP contribution < -0.4 is 10.0 Å². The van der Waals surface area contributed by atoms with Crippen LogP contribution in [0.1, 0.15) is 5.56 Å². The molecule has 2 N–H and O–H groups in total. The average molecular weight is 450 g/mol. The van der Waals surface area contributed by atoms with Crippen molar-refractivity contribution in [2.75, 3.05) is 16.6 Å². The summed E-state index contributed by atoms with van der Waals surface area (Å²) >= 11 is 5.89. The summed E-state index contributed by atoms with van der Waals surface area (Å²) in [6.45, 7) is 0.592. The maximum absolute atomic E-state index is 13.0. The molecule has 1 heterocycles. The zero-order valence-corrected chi connectivity index (χ0v) is 18.1. The zero-order valence-electron chi connectivity index (χ0n) is 16.5. The maximum atomic E-state index is 13.0. The fraction of sp³-hybridized carbons (Fsp3) is 0.0417. The Morgan fingerprint density at radius 3 is 2.55 bits per heavy atom. The van der Waals surface area contributed by atoms with E-state index >= 15 is 0 Å². The Bertz CT molecular complexity index is 1330. The Morgan fingerprint density at radius 2 is 1.71 bits per heavy atom. The topological polar surface area (TPSA) is 71.1 Å². The molecular weight excluding hydrogens is 430 g/mol. The molecule has 0 fully saturated rings. The van der Waals surface area contributed by atoms with E-state index in [1.54, 1.807) is 48.8 Å². The van der Waals surface area contributed by atoms with E-state index in [0.29, 0.717) is 22.6 Å². The van der Waals surface area contributed by atoms with Gasteiger partial charge in [-0.25, -0.2) is 8.42 Å². The van der Waals surface area contributed by atoms with Gasteiger partial charge in [0.1, 0.15) is 0 Å². The minimum absolute atomic E-state index is 0.219. The van der Waals surface area contributed by atoms with Gasteiger partial charge >= 0.3 is 0 Å². The molecule has 0 saturated carbocycles. The second-order valence-corrected chi connectivity index (χ2v) is 8.96. The van der Waals surface area contributed by atoms with Gasteiger partial charge in [-0.2, -0.15) is 0 Å². The molecule has 4 rings (SSSR count). The quantitative estimate of drug-likeness (QED) is 0.373. The van der Waals surface area contributed by atoms with Crippen molar-refractivity contribution in [3.63, 3.8) is 0 Å². The molecule has 0 saturated heterocycles. The summed E-state index contributed by atoms with van der Waals surface area (Å²) in [7, 11) is -3.75. The molecular formula is C24H20ClN3O2S. The molecule has 0 bridgehead atoms. The number of benzene rings is 3. The SMILES string of the molecule is O=S(=O)(Nc1cccc(NCC=Cc2ccc(Cl)cc2)c1)c1cccc2cnccc12. The number of hydrogen-bond acceptors (Lipinski definition) is 4. The first kappa shape index (κ1) is 20.9.